The monoisotopic (exact) mass is 418 g/mol. The van der Waals surface area contributed by atoms with Crippen LogP contribution < -0.4 is 5.32 Å². The second-order valence-corrected chi connectivity index (χ2v) is 7.67. The number of nitrogens with zero attached hydrogens (tertiary/aromatic N) is 3. The molecular formula is C22H22N6O3. The van der Waals surface area contributed by atoms with E-state index in [9.17, 15) is 9.59 Å². The number of furan rings is 1. The molecule has 0 atom stereocenters. The van der Waals surface area contributed by atoms with Crippen molar-refractivity contribution in [2.45, 2.75) is 25.3 Å². The van der Waals surface area contributed by atoms with Gasteiger partial charge in [-0.15, -0.1) is 0 Å². The standard InChI is InChI=1S/C22H22N6O3/c29-21(23-12-16-2-1-9-31-16)20-11-18(26-27-20)14-5-7-28(8-6-14)22(30)15-3-4-17-19(10-15)25-13-24-17/h1-4,9-11,13-14H,5-8,12H2,(H,23,29)(H,24,25)(H,26,27). The maximum absolute atomic E-state index is 12.9. The van der Waals surface area contributed by atoms with Gasteiger partial charge in [-0.2, -0.15) is 5.10 Å². The fraction of sp³-hybridized carbons (Fsp3) is 0.273. The maximum Gasteiger partial charge on any atom is 0.272 e. The number of carbonyl (C=O) groups excluding carboxylic acids is 2. The summed E-state index contributed by atoms with van der Waals surface area (Å²) in [4.78, 5) is 34.3. The summed E-state index contributed by atoms with van der Waals surface area (Å²) in [5.74, 6) is 0.698. The molecule has 4 aromatic rings. The normalized spacial score (nSPS) is 14.8. The molecule has 9 heteroatoms. The third kappa shape index (κ3) is 3.94. The molecule has 1 aliphatic heterocycles. The molecule has 5 rings (SSSR count). The fourth-order valence-corrected chi connectivity index (χ4v) is 3.98. The quantitative estimate of drug-likeness (QED) is 0.460. The molecule has 0 aliphatic carbocycles. The highest BCUT2D eigenvalue weighted by Crippen LogP contribution is 2.28. The third-order valence-corrected chi connectivity index (χ3v) is 5.72. The van der Waals surface area contributed by atoms with Crippen molar-refractivity contribution >= 4 is 22.8 Å². The summed E-state index contributed by atoms with van der Waals surface area (Å²) in [6.45, 7) is 1.63. The maximum atomic E-state index is 12.9. The van der Waals surface area contributed by atoms with E-state index in [1.165, 1.54) is 0 Å². The minimum absolute atomic E-state index is 0.0255. The van der Waals surface area contributed by atoms with Gasteiger partial charge in [-0.1, -0.05) is 0 Å². The number of fused-ring (bicyclic) bond motifs is 1. The summed E-state index contributed by atoms with van der Waals surface area (Å²) in [6.07, 6.45) is 4.82. The van der Waals surface area contributed by atoms with E-state index >= 15 is 0 Å². The van der Waals surface area contributed by atoms with E-state index in [1.807, 2.05) is 23.1 Å². The van der Waals surface area contributed by atoms with E-state index in [1.54, 1.807) is 30.8 Å². The number of nitrogens with one attached hydrogen (secondary N) is 3. The topological polar surface area (TPSA) is 120 Å². The van der Waals surface area contributed by atoms with Crippen LogP contribution in [0.25, 0.3) is 11.0 Å². The average molecular weight is 418 g/mol. The summed E-state index contributed by atoms with van der Waals surface area (Å²) in [5, 5.41) is 9.95. The van der Waals surface area contributed by atoms with Crippen LogP contribution in [-0.2, 0) is 6.54 Å². The van der Waals surface area contributed by atoms with Crippen molar-refractivity contribution in [1.29, 1.82) is 0 Å². The fourth-order valence-electron chi connectivity index (χ4n) is 3.98. The number of hydrogen-bond acceptors (Lipinski definition) is 5. The molecule has 0 spiro atoms. The number of imidazole rings is 1. The van der Waals surface area contributed by atoms with Gasteiger partial charge in [-0.3, -0.25) is 14.7 Å². The highest BCUT2D eigenvalue weighted by atomic mass is 16.3. The van der Waals surface area contributed by atoms with E-state index in [2.05, 4.69) is 25.5 Å². The molecule has 1 aromatic carbocycles. The Morgan fingerprint density at radius 3 is 2.87 bits per heavy atom. The van der Waals surface area contributed by atoms with E-state index in [0.717, 1.165) is 29.6 Å². The molecule has 31 heavy (non-hydrogen) atoms. The second kappa shape index (κ2) is 8.10. The van der Waals surface area contributed by atoms with Gasteiger partial charge in [-0.05, 0) is 49.2 Å². The molecule has 0 saturated carbocycles. The zero-order chi connectivity index (χ0) is 21.2. The number of amides is 2. The van der Waals surface area contributed by atoms with Crippen molar-refractivity contribution in [3.8, 4) is 0 Å². The number of aromatic amines is 2. The number of H-pyrrole nitrogens is 2. The zero-order valence-electron chi connectivity index (χ0n) is 16.8. The molecule has 3 N–H and O–H groups in total. The van der Waals surface area contributed by atoms with Crippen LogP contribution in [0.2, 0.25) is 0 Å². The minimum Gasteiger partial charge on any atom is -0.467 e. The van der Waals surface area contributed by atoms with Gasteiger partial charge in [0, 0.05) is 30.3 Å². The Morgan fingerprint density at radius 1 is 1.19 bits per heavy atom. The van der Waals surface area contributed by atoms with Crippen molar-refractivity contribution < 1.29 is 14.0 Å². The summed E-state index contributed by atoms with van der Waals surface area (Å²) < 4.78 is 5.22. The number of benzene rings is 1. The molecule has 3 aromatic heterocycles. The number of likely N-dealkylation sites (tertiary alicyclic amines) is 1. The first kappa shape index (κ1) is 19.1. The van der Waals surface area contributed by atoms with Crippen LogP contribution in [0, 0.1) is 0 Å². The van der Waals surface area contributed by atoms with Gasteiger partial charge < -0.3 is 19.6 Å². The largest absolute Gasteiger partial charge is 0.467 e. The molecular weight excluding hydrogens is 396 g/mol. The van der Waals surface area contributed by atoms with Crippen LogP contribution in [0.5, 0.6) is 0 Å². The Labute approximate surface area is 177 Å². The molecule has 0 radical (unpaired) electrons. The highest BCUT2D eigenvalue weighted by Gasteiger charge is 2.26. The number of piperidine rings is 1. The predicted octanol–water partition coefficient (Wildman–Crippen LogP) is 2.83. The van der Waals surface area contributed by atoms with Crippen molar-refractivity contribution in [2.75, 3.05) is 13.1 Å². The van der Waals surface area contributed by atoms with Crippen LogP contribution >= 0.6 is 0 Å². The predicted molar refractivity (Wildman–Crippen MR) is 112 cm³/mol. The van der Waals surface area contributed by atoms with Gasteiger partial charge >= 0.3 is 0 Å². The summed E-state index contributed by atoms with van der Waals surface area (Å²) in [5.41, 5.74) is 3.64. The molecule has 4 heterocycles. The molecule has 9 nitrogen and oxygen atoms in total. The van der Waals surface area contributed by atoms with Crippen molar-refractivity contribution in [1.82, 2.24) is 30.4 Å². The highest BCUT2D eigenvalue weighted by molar-refractivity contribution is 5.97. The van der Waals surface area contributed by atoms with Crippen molar-refractivity contribution in [3.63, 3.8) is 0 Å². The molecule has 1 saturated heterocycles. The molecule has 1 aliphatic rings. The molecule has 158 valence electrons. The van der Waals surface area contributed by atoms with Crippen LogP contribution in [0.4, 0.5) is 0 Å². The summed E-state index contributed by atoms with van der Waals surface area (Å²) in [6, 6.07) is 10.9. The lowest BCUT2D eigenvalue weighted by Crippen LogP contribution is -2.38. The molecule has 0 bridgehead atoms. The molecule has 0 unspecified atom stereocenters. The van der Waals surface area contributed by atoms with Gasteiger partial charge in [0.15, 0.2) is 0 Å². The molecule has 1 fully saturated rings. The van der Waals surface area contributed by atoms with Crippen LogP contribution in [0.15, 0.2) is 53.4 Å². The first-order chi connectivity index (χ1) is 15.2. The lowest BCUT2D eigenvalue weighted by atomic mass is 9.93. The van der Waals surface area contributed by atoms with Crippen LogP contribution in [0.1, 0.15) is 51.1 Å². The van der Waals surface area contributed by atoms with Gasteiger partial charge in [-0.25, -0.2) is 4.98 Å². The Bertz CT molecular complexity index is 1200. The third-order valence-electron chi connectivity index (χ3n) is 5.72. The van der Waals surface area contributed by atoms with E-state index in [-0.39, 0.29) is 17.7 Å². The SMILES string of the molecule is O=C(NCc1ccco1)c1cc(C2CCN(C(=O)c3ccc4nc[nH]c4c3)CC2)[nH]n1. The van der Waals surface area contributed by atoms with Gasteiger partial charge in [0.2, 0.25) is 0 Å². The average Bonchev–Trinajstić information content (AvgIpc) is 3.58. The first-order valence-electron chi connectivity index (χ1n) is 10.3. The van der Waals surface area contributed by atoms with E-state index in [4.69, 9.17) is 4.42 Å². The Hall–Kier alpha value is -3.88. The van der Waals surface area contributed by atoms with E-state index in [0.29, 0.717) is 36.7 Å². The lowest BCUT2D eigenvalue weighted by Gasteiger charge is -2.31. The van der Waals surface area contributed by atoms with Gasteiger partial charge in [0.05, 0.1) is 30.2 Å². The van der Waals surface area contributed by atoms with Crippen molar-refractivity contribution in [3.05, 3.63) is 71.7 Å². The molecule has 2 amide bonds. The zero-order valence-corrected chi connectivity index (χ0v) is 16.8. The Balaban J connectivity index is 1.17. The Kier molecular flexibility index (Phi) is 4.99. The number of hydrogen-bond donors (Lipinski definition) is 3. The van der Waals surface area contributed by atoms with E-state index < -0.39 is 0 Å². The summed E-state index contributed by atoms with van der Waals surface area (Å²) in [7, 11) is 0. The first-order valence-corrected chi connectivity index (χ1v) is 10.3. The van der Waals surface area contributed by atoms with Gasteiger partial charge in [0.25, 0.3) is 11.8 Å². The lowest BCUT2D eigenvalue weighted by molar-refractivity contribution is 0.0712. The Morgan fingerprint density at radius 2 is 2.06 bits per heavy atom. The summed E-state index contributed by atoms with van der Waals surface area (Å²) >= 11 is 0. The van der Waals surface area contributed by atoms with Crippen LogP contribution in [-0.4, -0.2) is 50.0 Å². The van der Waals surface area contributed by atoms with Crippen LogP contribution in [0.3, 0.4) is 0 Å². The van der Waals surface area contributed by atoms with Crippen molar-refractivity contribution in [2.24, 2.45) is 0 Å². The van der Waals surface area contributed by atoms with Gasteiger partial charge in [0.1, 0.15) is 11.5 Å². The number of carbonyl (C=O) groups is 2. The smallest absolute Gasteiger partial charge is 0.272 e. The second-order valence-electron chi connectivity index (χ2n) is 7.67. The number of rotatable bonds is 5. The number of aromatic nitrogens is 4. The minimum atomic E-state index is -0.249.